The molecule has 2 fully saturated rings. The van der Waals surface area contributed by atoms with Crippen LogP contribution in [-0.4, -0.2) is 55.1 Å². The fourth-order valence-corrected chi connectivity index (χ4v) is 6.07. The number of urea groups is 1. The van der Waals surface area contributed by atoms with Crippen molar-refractivity contribution in [1.82, 2.24) is 15.2 Å². The van der Waals surface area contributed by atoms with E-state index in [0.29, 0.717) is 49.6 Å². The molecule has 0 bridgehead atoms. The average Bonchev–Trinajstić information content (AvgIpc) is 3.59. The van der Waals surface area contributed by atoms with Gasteiger partial charge in [0, 0.05) is 25.8 Å². The molecule has 9 heteroatoms. The van der Waals surface area contributed by atoms with Crippen LogP contribution in [0.25, 0.3) is 0 Å². The number of sulfone groups is 1. The Labute approximate surface area is 201 Å². The van der Waals surface area contributed by atoms with Crippen molar-refractivity contribution in [2.45, 2.75) is 55.6 Å². The Morgan fingerprint density at radius 3 is 2.47 bits per heavy atom. The standard InChI is InChI=1S/C25H32N4O4S/c1-3-26-25(31)29-13-12-18(16-29)14-22(24(30)28-23-11-4-17(2)15-27-23)19-5-7-20(8-6-19)34(32,33)21-9-10-21/h4-8,11,15,18,21-22H,3,9-10,12-14,16H2,1-2H3,(H,26,31)(H,27,28,30). The SMILES string of the molecule is CCNC(=O)N1CCC(CC(C(=O)Nc2ccc(C)cn2)c2ccc(S(=O)(=O)C3CC3)cc2)C1. The van der Waals surface area contributed by atoms with Crippen LogP contribution >= 0.6 is 0 Å². The van der Waals surface area contributed by atoms with Crippen molar-refractivity contribution in [3.63, 3.8) is 0 Å². The van der Waals surface area contributed by atoms with Crippen LogP contribution in [0.1, 0.15) is 49.7 Å². The van der Waals surface area contributed by atoms with Gasteiger partial charge in [-0.3, -0.25) is 4.79 Å². The molecule has 2 N–H and O–H groups in total. The van der Waals surface area contributed by atoms with E-state index < -0.39 is 15.8 Å². The Hall–Kier alpha value is -2.94. The highest BCUT2D eigenvalue weighted by atomic mass is 32.2. The maximum Gasteiger partial charge on any atom is 0.317 e. The number of aryl methyl sites for hydroxylation is 1. The van der Waals surface area contributed by atoms with Gasteiger partial charge in [-0.25, -0.2) is 18.2 Å². The Morgan fingerprint density at radius 1 is 1.12 bits per heavy atom. The fraction of sp³-hybridized carbons (Fsp3) is 0.480. The van der Waals surface area contributed by atoms with Gasteiger partial charge in [0.15, 0.2) is 9.84 Å². The molecule has 8 nitrogen and oxygen atoms in total. The van der Waals surface area contributed by atoms with Gasteiger partial charge < -0.3 is 15.5 Å². The Bertz CT molecular complexity index is 1130. The predicted molar refractivity (Wildman–Crippen MR) is 130 cm³/mol. The Kier molecular flexibility index (Phi) is 7.21. The lowest BCUT2D eigenvalue weighted by Gasteiger charge is -2.22. The lowest BCUT2D eigenvalue weighted by molar-refractivity contribution is -0.118. The molecule has 0 spiro atoms. The van der Waals surface area contributed by atoms with Crippen LogP contribution in [0.2, 0.25) is 0 Å². The van der Waals surface area contributed by atoms with E-state index in [2.05, 4.69) is 15.6 Å². The first-order valence-corrected chi connectivity index (χ1v) is 13.4. The molecule has 2 unspecified atom stereocenters. The van der Waals surface area contributed by atoms with Crippen LogP contribution in [0.4, 0.5) is 10.6 Å². The monoisotopic (exact) mass is 484 g/mol. The number of carbonyl (C=O) groups excluding carboxylic acids is 2. The van der Waals surface area contributed by atoms with Crippen molar-refractivity contribution in [1.29, 1.82) is 0 Å². The summed E-state index contributed by atoms with van der Waals surface area (Å²) in [6.07, 6.45) is 4.49. The number of benzene rings is 1. The molecule has 1 aliphatic heterocycles. The minimum Gasteiger partial charge on any atom is -0.338 e. The third kappa shape index (κ3) is 5.58. The molecule has 1 saturated heterocycles. The number of amides is 3. The van der Waals surface area contributed by atoms with E-state index in [-0.39, 0.29) is 23.1 Å². The highest BCUT2D eigenvalue weighted by Gasteiger charge is 2.37. The number of nitrogens with one attached hydrogen (secondary N) is 2. The van der Waals surface area contributed by atoms with E-state index in [1.165, 1.54) is 0 Å². The minimum atomic E-state index is -3.29. The molecule has 2 aliphatic rings. The number of hydrogen-bond acceptors (Lipinski definition) is 5. The van der Waals surface area contributed by atoms with Gasteiger partial charge in [-0.1, -0.05) is 18.2 Å². The van der Waals surface area contributed by atoms with Crippen LogP contribution in [-0.2, 0) is 14.6 Å². The summed E-state index contributed by atoms with van der Waals surface area (Å²) in [7, 11) is -3.29. The van der Waals surface area contributed by atoms with Crippen LogP contribution < -0.4 is 10.6 Å². The quantitative estimate of drug-likeness (QED) is 0.596. The van der Waals surface area contributed by atoms with E-state index in [0.717, 1.165) is 17.5 Å². The van der Waals surface area contributed by atoms with Crippen molar-refractivity contribution < 1.29 is 18.0 Å². The van der Waals surface area contributed by atoms with Gasteiger partial charge in [0.1, 0.15) is 5.82 Å². The van der Waals surface area contributed by atoms with Crippen LogP contribution in [0, 0.1) is 12.8 Å². The summed E-state index contributed by atoms with van der Waals surface area (Å²) in [5.41, 5.74) is 1.76. The number of likely N-dealkylation sites (tertiary alicyclic amines) is 1. The van der Waals surface area contributed by atoms with E-state index in [1.807, 2.05) is 19.9 Å². The maximum absolute atomic E-state index is 13.3. The molecule has 3 amide bonds. The van der Waals surface area contributed by atoms with Gasteiger partial charge in [-0.05, 0) is 74.8 Å². The number of rotatable bonds is 8. The summed E-state index contributed by atoms with van der Waals surface area (Å²) in [6.45, 7) is 5.64. The second kappa shape index (κ2) is 10.1. The lowest BCUT2D eigenvalue weighted by atomic mass is 9.87. The summed E-state index contributed by atoms with van der Waals surface area (Å²) < 4.78 is 25.2. The molecule has 1 saturated carbocycles. The number of pyridine rings is 1. The zero-order chi connectivity index (χ0) is 24.3. The highest BCUT2D eigenvalue weighted by Crippen LogP contribution is 2.35. The summed E-state index contributed by atoms with van der Waals surface area (Å²) in [5.74, 6) is -0.0336. The first-order valence-electron chi connectivity index (χ1n) is 11.9. The zero-order valence-corrected chi connectivity index (χ0v) is 20.5. The average molecular weight is 485 g/mol. The normalized spacial score (nSPS) is 19.0. The molecule has 2 aromatic rings. The van der Waals surface area contributed by atoms with Gasteiger partial charge in [0.2, 0.25) is 5.91 Å². The molecule has 0 radical (unpaired) electrons. The summed E-state index contributed by atoms with van der Waals surface area (Å²) in [5, 5.41) is 5.46. The Balaban J connectivity index is 1.53. The number of aromatic nitrogens is 1. The lowest BCUT2D eigenvalue weighted by Crippen LogP contribution is -2.38. The predicted octanol–water partition coefficient (Wildman–Crippen LogP) is 3.49. The summed E-state index contributed by atoms with van der Waals surface area (Å²) >= 11 is 0. The van der Waals surface area contributed by atoms with Gasteiger partial charge in [0.25, 0.3) is 0 Å². The third-order valence-corrected chi connectivity index (χ3v) is 8.80. The smallest absolute Gasteiger partial charge is 0.317 e. The second-order valence-corrected chi connectivity index (χ2v) is 11.5. The van der Waals surface area contributed by atoms with Gasteiger partial charge in [-0.2, -0.15) is 0 Å². The fourth-order valence-electron chi connectivity index (χ4n) is 4.42. The molecule has 182 valence electrons. The second-order valence-electron chi connectivity index (χ2n) is 9.25. The minimum absolute atomic E-state index is 0.0792. The van der Waals surface area contributed by atoms with Crippen molar-refractivity contribution in [3.05, 3.63) is 53.7 Å². The van der Waals surface area contributed by atoms with Crippen LogP contribution in [0.3, 0.4) is 0 Å². The molecule has 1 aromatic carbocycles. The molecule has 4 rings (SSSR count). The summed E-state index contributed by atoms with van der Waals surface area (Å²) in [4.78, 5) is 31.9. The van der Waals surface area contributed by atoms with E-state index in [4.69, 9.17) is 0 Å². The molecule has 2 atom stereocenters. The van der Waals surface area contributed by atoms with E-state index >= 15 is 0 Å². The van der Waals surface area contributed by atoms with Crippen molar-refractivity contribution in [3.8, 4) is 0 Å². The van der Waals surface area contributed by atoms with Crippen molar-refractivity contribution in [2.24, 2.45) is 5.92 Å². The summed E-state index contributed by atoms with van der Waals surface area (Å²) in [6, 6.07) is 10.3. The van der Waals surface area contributed by atoms with Gasteiger partial charge in [-0.15, -0.1) is 0 Å². The van der Waals surface area contributed by atoms with E-state index in [1.54, 1.807) is 41.4 Å². The zero-order valence-electron chi connectivity index (χ0n) is 19.7. The highest BCUT2D eigenvalue weighted by molar-refractivity contribution is 7.92. The topological polar surface area (TPSA) is 108 Å². The largest absolute Gasteiger partial charge is 0.338 e. The van der Waals surface area contributed by atoms with Crippen molar-refractivity contribution in [2.75, 3.05) is 25.0 Å². The van der Waals surface area contributed by atoms with Gasteiger partial charge in [0.05, 0.1) is 16.1 Å². The first-order chi connectivity index (χ1) is 16.3. The number of carbonyl (C=O) groups is 2. The van der Waals surface area contributed by atoms with Crippen molar-refractivity contribution >= 4 is 27.6 Å². The van der Waals surface area contributed by atoms with Crippen LogP contribution in [0.15, 0.2) is 47.5 Å². The van der Waals surface area contributed by atoms with Gasteiger partial charge >= 0.3 is 6.03 Å². The number of nitrogens with zero attached hydrogens (tertiary/aromatic N) is 2. The van der Waals surface area contributed by atoms with E-state index in [9.17, 15) is 18.0 Å². The Morgan fingerprint density at radius 2 is 1.85 bits per heavy atom. The van der Waals surface area contributed by atoms with Crippen LogP contribution in [0.5, 0.6) is 0 Å². The molecule has 34 heavy (non-hydrogen) atoms. The number of anilines is 1. The molecule has 1 aromatic heterocycles. The molecular weight excluding hydrogens is 452 g/mol. The number of hydrogen-bond donors (Lipinski definition) is 2. The molecule has 2 heterocycles. The maximum atomic E-state index is 13.3. The molecular formula is C25H32N4O4S. The molecule has 1 aliphatic carbocycles. The third-order valence-electron chi connectivity index (χ3n) is 6.52. The first kappa shape index (κ1) is 24.2.